The van der Waals surface area contributed by atoms with Crippen LogP contribution in [-0.4, -0.2) is 173 Å². The number of aromatic amines is 3. The molecule has 18 N–H and O–H groups in total. The van der Waals surface area contributed by atoms with E-state index in [1.807, 2.05) is 0 Å². The van der Waals surface area contributed by atoms with Crippen molar-refractivity contribution in [2.75, 3.05) is 5.32 Å². The van der Waals surface area contributed by atoms with Crippen LogP contribution in [0, 0.1) is 0 Å². The summed E-state index contributed by atoms with van der Waals surface area (Å²) in [5.74, 6) is -18.4. The summed E-state index contributed by atoms with van der Waals surface area (Å²) in [6, 6.07) is 27.0. The fourth-order valence-corrected chi connectivity index (χ4v) is 12.8. The van der Waals surface area contributed by atoms with Crippen LogP contribution in [0.3, 0.4) is 0 Å². The first-order valence-electron chi connectivity index (χ1n) is 32.5. The lowest BCUT2D eigenvalue weighted by molar-refractivity contribution is -0.142. The zero-order valence-electron chi connectivity index (χ0n) is 55.7. The molecule has 3 unspecified atom stereocenters. The summed E-state index contributed by atoms with van der Waals surface area (Å²) in [5, 5.41) is 116. The van der Waals surface area contributed by atoms with E-state index in [1.165, 1.54) is 18.2 Å². The van der Waals surface area contributed by atoms with Crippen molar-refractivity contribution in [3.05, 3.63) is 207 Å². The lowest BCUT2D eigenvalue weighted by Gasteiger charge is -2.35. The number of fused-ring (bicyclic) bond motifs is 3. The molecule has 3 heterocycles. The Morgan fingerprint density at radius 1 is 0.327 bits per heavy atom. The zero-order chi connectivity index (χ0) is 77.3. The van der Waals surface area contributed by atoms with Crippen molar-refractivity contribution < 1.29 is 118 Å². The maximum Gasteiger partial charge on any atom is 0.335 e. The molecule has 548 valence electrons. The third-order valence-electron chi connectivity index (χ3n) is 18.0. The SMILES string of the molecule is O=C(CCC(CCC(=O)NC(Cc1c(-c2cc(C(=O)O)cc(C(=O)O)c2)[nH]c2ccccc12)C(=O)O)(CCC(=O)NC(Cc1c(-c2cc(C(=O)O)cc(C(=O)O)c2)[nH]c2ccccc12)C(=O)O)NC(=O)Nc1cccc(C(=O)O)c1)NC(Cc1c(-c2cc(C(=O)O)cc(C(=O)O)c2)[nH]c2ccccc12)C(=O)O. The van der Waals surface area contributed by atoms with Crippen LogP contribution in [0.15, 0.2) is 152 Å². The predicted molar refractivity (Wildman–Crippen MR) is 379 cm³/mol. The second kappa shape index (κ2) is 31.8. The van der Waals surface area contributed by atoms with Crippen molar-refractivity contribution in [2.24, 2.45) is 0 Å². The number of aliphatic carboxylic acids is 3. The number of aromatic nitrogens is 3. The molecule has 3 aromatic heterocycles. The average molecular weight is 1460 g/mol. The number of carbonyl (C=O) groups excluding carboxylic acids is 4. The molecule has 10 aromatic rings. The summed E-state index contributed by atoms with van der Waals surface area (Å²) < 4.78 is 0. The van der Waals surface area contributed by atoms with Crippen molar-refractivity contribution in [3.8, 4) is 33.8 Å². The summed E-state index contributed by atoms with van der Waals surface area (Å²) in [6.45, 7) is 0. The van der Waals surface area contributed by atoms with Crippen molar-refractivity contribution in [3.63, 3.8) is 0 Å². The number of urea groups is 1. The van der Waals surface area contributed by atoms with Gasteiger partial charge in [-0.25, -0.2) is 52.7 Å². The molecule has 0 saturated carbocycles. The van der Waals surface area contributed by atoms with E-state index >= 15 is 0 Å². The van der Waals surface area contributed by atoms with Gasteiger partial charge in [0.25, 0.3) is 0 Å². The average Bonchev–Trinajstić information content (AvgIpc) is 1.65. The molecule has 0 saturated heterocycles. The van der Waals surface area contributed by atoms with Gasteiger partial charge in [-0.05, 0) is 144 Å². The third-order valence-corrected chi connectivity index (χ3v) is 18.0. The number of hydrogen-bond acceptors (Lipinski definition) is 14. The van der Waals surface area contributed by atoms with E-state index in [0.717, 1.165) is 60.7 Å². The number of carboxylic acid groups (broad SMARTS) is 10. The van der Waals surface area contributed by atoms with Crippen LogP contribution >= 0.6 is 0 Å². The van der Waals surface area contributed by atoms with Gasteiger partial charge >= 0.3 is 65.7 Å². The molecule has 0 fully saturated rings. The van der Waals surface area contributed by atoms with Gasteiger partial charge in [-0.2, -0.15) is 0 Å². The molecule has 0 spiro atoms. The molecular weight excluding hydrogens is 1400 g/mol. The van der Waals surface area contributed by atoms with Gasteiger partial charge in [0, 0.05) is 99.5 Å². The minimum atomic E-state index is -2.10. The van der Waals surface area contributed by atoms with E-state index in [2.05, 4.69) is 41.5 Å². The third kappa shape index (κ3) is 17.7. The maximum absolute atomic E-state index is 14.6. The normalized spacial score (nSPS) is 12.6. The quantitative estimate of drug-likeness (QED) is 0.0183. The number of carboxylic acids is 10. The topological polar surface area (TPSA) is 549 Å². The lowest BCUT2D eigenvalue weighted by Crippen LogP contribution is -2.53. The largest absolute Gasteiger partial charge is 0.480 e. The smallest absolute Gasteiger partial charge is 0.335 e. The van der Waals surface area contributed by atoms with Crippen molar-refractivity contribution in [1.29, 1.82) is 0 Å². The van der Waals surface area contributed by atoms with Crippen LogP contribution in [0.5, 0.6) is 0 Å². The highest BCUT2D eigenvalue weighted by Gasteiger charge is 2.37. The van der Waals surface area contributed by atoms with E-state index < -0.39 is 198 Å². The highest BCUT2D eigenvalue weighted by atomic mass is 16.4. The van der Waals surface area contributed by atoms with E-state index in [1.54, 1.807) is 72.8 Å². The van der Waals surface area contributed by atoms with Crippen LogP contribution < -0.4 is 26.6 Å². The van der Waals surface area contributed by atoms with Crippen LogP contribution in [0.4, 0.5) is 10.5 Å². The number of carbonyl (C=O) groups is 14. The minimum Gasteiger partial charge on any atom is -0.480 e. The first-order chi connectivity index (χ1) is 50.8. The molecule has 32 heteroatoms. The first kappa shape index (κ1) is 75.2. The molecule has 32 nitrogen and oxygen atoms in total. The standard InChI is InChI=1S/C75H64N8O24/c84-58(77-55(71(101)102)32-49-46-10-1-4-13-52(46)80-61(49)36-22-39(65(89)90)28-40(23-36)66(91)92)16-19-75(83-74(107)76-45-9-7-8-35(31-45)64(87)88,20-17-59(85)78-56(72(103)104)33-50-47-11-2-5-14-53(47)81-62(50)37-24-41(67(93)94)29-42(25-37)68(95)96)21-18-60(86)79-57(73(105)106)34-51-48-12-3-6-15-54(48)82-63(51)38-26-43(69(97)98)30-44(27-38)70(99)100/h1-15,22-31,55-57,80-82H,16-21,32-34H2,(H,77,84)(H,78,85)(H,79,86)(H,87,88)(H,89,90)(H,91,92)(H,93,94)(H,95,96)(H,97,98)(H,99,100)(H,101,102)(H,103,104)(H,105,106)(H2,76,83,107). The fourth-order valence-electron chi connectivity index (χ4n) is 12.8. The number of rotatable bonds is 33. The first-order valence-corrected chi connectivity index (χ1v) is 32.5. The fraction of sp³-hybridized carbons (Fsp3) is 0.173. The Morgan fingerprint density at radius 3 is 0.879 bits per heavy atom. The maximum atomic E-state index is 14.6. The molecule has 107 heavy (non-hydrogen) atoms. The number of anilines is 1. The molecule has 0 aliphatic heterocycles. The second-order valence-corrected chi connectivity index (χ2v) is 25.0. The number of para-hydroxylation sites is 3. The van der Waals surface area contributed by atoms with Crippen molar-refractivity contribution >= 4 is 122 Å². The Morgan fingerprint density at radius 2 is 0.607 bits per heavy atom. The number of hydrogen-bond donors (Lipinski definition) is 18. The van der Waals surface area contributed by atoms with Crippen LogP contribution in [0.2, 0.25) is 0 Å². The van der Waals surface area contributed by atoms with Crippen molar-refractivity contribution in [1.82, 2.24) is 36.2 Å². The summed E-state index contributed by atoms with van der Waals surface area (Å²) >= 11 is 0. The van der Waals surface area contributed by atoms with Gasteiger partial charge in [-0.15, -0.1) is 0 Å². The zero-order valence-corrected chi connectivity index (χ0v) is 55.7. The van der Waals surface area contributed by atoms with Crippen LogP contribution in [-0.2, 0) is 48.0 Å². The Kier molecular flexibility index (Phi) is 22.4. The lowest BCUT2D eigenvalue weighted by atomic mass is 9.83. The minimum absolute atomic E-state index is 0.00864. The number of aromatic carboxylic acids is 7. The van der Waals surface area contributed by atoms with Crippen LogP contribution in [0.1, 0.15) is 128 Å². The molecule has 7 aromatic carbocycles. The molecule has 0 bridgehead atoms. The van der Waals surface area contributed by atoms with Gasteiger partial charge in [0.15, 0.2) is 0 Å². The highest BCUT2D eigenvalue weighted by Crippen LogP contribution is 2.37. The molecule has 10 rings (SSSR count). The summed E-state index contributed by atoms with van der Waals surface area (Å²) in [4.78, 5) is 193. The van der Waals surface area contributed by atoms with E-state index in [0.29, 0.717) is 32.7 Å². The molecule has 3 atom stereocenters. The predicted octanol–water partition coefficient (Wildman–Crippen LogP) is 8.66. The summed E-state index contributed by atoms with van der Waals surface area (Å²) in [7, 11) is 0. The number of amides is 5. The number of benzene rings is 7. The molecule has 5 amide bonds. The number of nitrogens with one attached hydrogen (secondary N) is 8. The van der Waals surface area contributed by atoms with Gasteiger partial charge in [0.05, 0.1) is 38.9 Å². The van der Waals surface area contributed by atoms with Gasteiger partial charge < -0.3 is 92.6 Å². The Labute approximate surface area is 601 Å². The van der Waals surface area contributed by atoms with Gasteiger partial charge in [-0.3, -0.25) is 14.4 Å². The summed E-state index contributed by atoms with van der Waals surface area (Å²) in [5.41, 5.74) is -3.23. The summed E-state index contributed by atoms with van der Waals surface area (Å²) in [6.07, 6.45) is -6.05. The number of H-pyrrole nitrogens is 3. The molecule has 0 radical (unpaired) electrons. The van der Waals surface area contributed by atoms with E-state index in [9.17, 15) is 118 Å². The van der Waals surface area contributed by atoms with Gasteiger partial charge in [0.1, 0.15) is 18.1 Å². The van der Waals surface area contributed by atoms with E-state index in [-0.39, 0.29) is 61.7 Å². The monoisotopic (exact) mass is 1460 g/mol. The van der Waals surface area contributed by atoms with E-state index in [4.69, 9.17) is 0 Å². The van der Waals surface area contributed by atoms with Crippen LogP contribution in [0.25, 0.3) is 66.5 Å². The van der Waals surface area contributed by atoms with Gasteiger partial charge in [-0.1, -0.05) is 60.7 Å². The molecular formula is C75H64N8O24. The molecule has 0 aliphatic rings. The molecule has 0 aliphatic carbocycles. The highest BCUT2D eigenvalue weighted by molar-refractivity contribution is 6.03. The van der Waals surface area contributed by atoms with Crippen molar-refractivity contribution in [2.45, 2.75) is 81.5 Å². The van der Waals surface area contributed by atoms with Gasteiger partial charge in [0.2, 0.25) is 17.7 Å². The Hall–Kier alpha value is -14.5. The second-order valence-electron chi connectivity index (χ2n) is 25.0. The Balaban J connectivity index is 1.00. The Bertz CT molecular complexity index is 4780.